The van der Waals surface area contributed by atoms with E-state index < -0.39 is 0 Å². The zero-order valence-corrected chi connectivity index (χ0v) is 17.0. The summed E-state index contributed by atoms with van der Waals surface area (Å²) in [5.74, 6) is 0.366. The van der Waals surface area contributed by atoms with Crippen molar-refractivity contribution < 1.29 is 10.2 Å². The van der Waals surface area contributed by atoms with Crippen LogP contribution in [0, 0.1) is 0 Å². The molecule has 0 amide bonds. The van der Waals surface area contributed by atoms with Crippen molar-refractivity contribution in [2.75, 3.05) is 0 Å². The molecule has 0 aromatic heterocycles. The third kappa shape index (κ3) is 2.22. The van der Waals surface area contributed by atoms with Gasteiger partial charge in [-0.3, -0.25) is 0 Å². The van der Waals surface area contributed by atoms with E-state index >= 15 is 0 Å². The number of phenols is 2. The minimum absolute atomic E-state index is 0.0627. The summed E-state index contributed by atoms with van der Waals surface area (Å²) < 4.78 is 0.977. The fraction of sp³-hybridized carbons (Fsp3) is 0.0769. The number of rotatable bonds is 1. The third-order valence-electron chi connectivity index (χ3n) is 6.33. The van der Waals surface area contributed by atoms with Crippen LogP contribution >= 0.6 is 15.9 Å². The van der Waals surface area contributed by atoms with Gasteiger partial charge < -0.3 is 10.2 Å². The van der Waals surface area contributed by atoms with Gasteiger partial charge in [0.1, 0.15) is 11.5 Å². The fourth-order valence-electron chi connectivity index (χ4n) is 5.17. The van der Waals surface area contributed by atoms with Gasteiger partial charge in [0, 0.05) is 33.0 Å². The number of aromatic hydroxyl groups is 2. The Bertz CT molecular complexity index is 1240. The van der Waals surface area contributed by atoms with Crippen LogP contribution < -0.4 is 0 Å². The van der Waals surface area contributed by atoms with Crippen molar-refractivity contribution in [3.8, 4) is 22.6 Å². The van der Waals surface area contributed by atoms with E-state index in [0.29, 0.717) is 5.56 Å². The molecule has 3 heteroatoms. The molecule has 0 saturated heterocycles. The summed E-state index contributed by atoms with van der Waals surface area (Å²) in [4.78, 5) is 0. The monoisotopic (exact) mass is 440 g/mol. The van der Waals surface area contributed by atoms with E-state index in [1.54, 1.807) is 6.07 Å². The number of halogens is 1. The summed E-state index contributed by atoms with van der Waals surface area (Å²) in [6.07, 6.45) is 0. The lowest BCUT2D eigenvalue weighted by molar-refractivity contribution is 0.442. The SMILES string of the molecule is Oc1cc(-c2ccc(Br)cc2)c(O)c2c1C1c3ccccc3C2c2ccccc21. The van der Waals surface area contributed by atoms with Crippen LogP contribution in [0.2, 0.25) is 0 Å². The van der Waals surface area contributed by atoms with Gasteiger partial charge in [-0.1, -0.05) is 76.6 Å². The van der Waals surface area contributed by atoms with Crippen molar-refractivity contribution >= 4 is 15.9 Å². The molecule has 4 aromatic rings. The number of phenolic OH excluding ortho intramolecular Hbond substituents is 2. The molecule has 0 fully saturated rings. The smallest absolute Gasteiger partial charge is 0.128 e. The van der Waals surface area contributed by atoms with Gasteiger partial charge in [0.15, 0.2) is 0 Å². The van der Waals surface area contributed by atoms with E-state index in [2.05, 4.69) is 64.5 Å². The maximum Gasteiger partial charge on any atom is 0.128 e. The second-order valence-corrected chi connectivity index (χ2v) is 8.67. The average Bonchev–Trinajstić information content (AvgIpc) is 2.76. The van der Waals surface area contributed by atoms with Gasteiger partial charge in [-0.15, -0.1) is 0 Å². The molecule has 0 heterocycles. The Labute approximate surface area is 177 Å². The molecular formula is C26H17BrO2. The van der Waals surface area contributed by atoms with Crippen molar-refractivity contribution in [3.05, 3.63) is 117 Å². The molecule has 29 heavy (non-hydrogen) atoms. The molecule has 2 bridgehead atoms. The molecule has 0 unspecified atom stereocenters. The predicted molar refractivity (Wildman–Crippen MR) is 118 cm³/mol. The summed E-state index contributed by atoms with van der Waals surface area (Å²) in [5, 5.41) is 22.6. The molecule has 3 aliphatic carbocycles. The molecule has 4 aromatic carbocycles. The quantitative estimate of drug-likeness (QED) is 0.286. The first kappa shape index (κ1) is 16.9. The van der Waals surface area contributed by atoms with E-state index in [1.807, 2.05) is 24.3 Å². The second-order valence-electron chi connectivity index (χ2n) is 7.75. The molecule has 3 aliphatic rings. The summed E-state index contributed by atoms with van der Waals surface area (Å²) in [6.45, 7) is 0. The Kier molecular flexibility index (Phi) is 3.48. The van der Waals surface area contributed by atoms with Crippen molar-refractivity contribution in [2.45, 2.75) is 11.8 Å². The largest absolute Gasteiger partial charge is 0.508 e. The topological polar surface area (TPSA) is 40.5 Å². The number of benzene rings is 4. The highest BCUT2D eigenvalue weighted by atomic mass is 79.9. The van der Waals surface area contributed by atoms with E-state index in [-0.39, 0.29) is 23.3 Å². The van der Waals surface area contributed by atoms with E-state index in [4.69, 9.17) is 0 Å². The second kappa shape index (κ2) is 5.98. The van der Waals surface area contributed by atoms with Gasteiger partial charge in [0.05, 0.1) is 0 Å². The van der Waals surface area contributed by atoms with Crippen molar-refractivity contribution in [3.63, 3.8) is 0 Å². The molecule has 0 aliphatic heterocycles. The van der Waals surface area contributed by atoms with Crippen molar-refractivity contribution in [1.29, 1.82) is 0 Å². The Morgan fingerprint density at radius 3 is 1.62 bits per heavy atom. The molecule has 0 saturated carbocycles. The zero-order chi connectivity index (χ0) is 19.7. The maximum atomic E-state index is 11.4. The van der Waals surface area contributed by atoms with Crippen LogP contribution in [0.1, 0.15) is 45.2 Å². The highest BCUT2D eigenvalue weighted by Crippen LogP contribution is 2.61. The zero-order valence-electron chi connectivity index (χ0n) is 15.4. The number of hydrogen-bond donors (Lipinski definition) is 2. The van der Waals surface area contributed by atoms with Gasteiger partial charge in [-0.05, 0) is 46.0 Å². The molecule has 2 nitrogen and oxygen atoms in total. The Morgan fingerprint density at radius 1 is 0.621 bits per heavy atom. The van der Waals surface area contributed by atoms with Gasteiger partial charge in [0.25, 0.3) is 0 Å². The first-order chi connectivity index (χ1) is 14.1. The lowest BCUT2D eigenvalue weighted by atomic mass is 9.60. The molecule has 0 spiro atoms. The minimum Gasteiger partial charge on any atom is -0.508 e. The molecule has 0 atom stereocenters. The van der Waals surface area contributed by atoms with Crippen LogP contribution in [-0.2, 0) is 0 Å². The highest BCUT2D eigenvalue weighted by Gasteiger charge is 2.44. The molecule has 7 rings (SSSR count). The van der Waals surface area contributed by atoms with Gasteiger partial charge >= 0.3 is 0 Å². The molecule has 2 N–H and O–H groups in total. The van der Waals surface area contributed by atoms with Crippen molar-refractivity contribution in [2.24, 2.45) is 0 Å². The Morgan fingerprint density at radius 2 is 1.10 bits per heavy atom. The predicted octanol–water partition coefficient (Wildman–Crippen LogP) is 6.51. The molecule has 140 valence electrons. The van der Waals surface area contributed by atoms with Gasteiger partial charge in [-0.2, -0.15) is 0 Å². The lowest BCUT2D eigenvalue weighted by Crippen LogP contribution is -2.27. The summed E-state index contributed by atoms with van der Waals surface area (Å²) >= 11 is 3.46. The fourth-order valence-corrected chi connectivity index (χ4v) is 5.43. The van der Waals surface area contributed by atoms with Gasteiger partial charge in [0.2, 0.25) is 0 Å². The Balaban J connectivity index is 1.68. The molecule has 0 radical (unpaired) electrons. The number of hydrogen-bond acceptors (Lipinski definition) is 2. The van der Waals surface area contributed by atoms with Crippen LogP contribution in [0.4, 0.5) is 0 Å². The maximum absolute atomic E-state index is 11.4. The summed E-state index contributed by atoms with van der Waals surface area (Å²) in [6, 6.07) is 26.3. The van der Waals surface area contributed by atoms with E-state index in [9.17, 15) is 10.2 Å². The standard InChI is InChI=1S/C26H17BrO2/c27-15-11-9-14(10-12-15)20-13-21(28)24-22-16-5-1-3-7-18(16)23(25(24)26(20)29)19-8-4-2-6-17(19)22/h1-13,22-23,28-29H. The minimum atomic E-state index is -0.0799. The average molecular weight is 441 g/mol. The van der Waals surface area contributed by atoms with Gasteiger partial charge in [-0.25, -0.2) is 0 Å². The first-order valence-electron chi connectivity index (χ1n) is 9.67. The molecular weight excluding hydrogens is 424 g/mol. The van der Waals surface area contributed by atoms with Crippen molar-refractivity contribution in [1.82, 2.24) is 0 Å². The van der Waals surface area contributed by atoms with Crippen LogP contribution in [0.5, 0.6) is 11.5 Å². The van der Waals surface area contributed by atoms with E-state index in [0.717, 1.165) is 21.2 Å². The first-order valence-corrected chi connectivity index (χ1v) is 10.5. The van der Waals surface area contributed by atoms with Crippen LogP contribution in [0.15, 0.2) is 83.3 Å². The third-order valence-corrected chi connectivity index (χ3v) is 6.85. The summed E-state index contributed by atoms with van der Waals surface area (Å²) in [7, 11) is 0. The van der Waals surface area contributed by atoms with Crippen LogP contribution in [0.3, 0.4) is 0 Å². The van der Waals surface area contributed by atoms with E-state index in [1.165, 1.54) is 22.3 Å². The normalized spacial score (nSPS) is 18.1. The lowest BCUT2D eigenvalue weighted by Gasteiger charge is -2.42. The summed E-state index contributed by atoms with van der Waals surface area (Å²) in [5.41, 5.74) is 8.08. The van der Waals surface area contributed by atoms with Crippen LogP contribution in [-0.4, -0.2) is 10.2 Å². The highest BCUT2D eigenvalue weighted by molar-refractivity contribution is 9.10. The Hall–Kier alpha value is -3.04. The van der Waals surface area contributed by atoms with Crippen LogP contribution in [0.25, 0.3) is 11.1 Å².